The molecule has 0 aliphatic heterocycles. The fraction of sp³-hybridized carbons (Fsp3) is 0.258. The Labute approximate surface area is 244 Å². The molecule has 2 N–H and O–H groups in total. The monoisotopic (exact) mass is 574 g/mol. The molecule has 4 rings (SSSR count). The number of aromatic nitrogens is 2. The largest absolute Gasteiger partial charge is 0.497 e. The lowest BCUT2D eigenvalue weighted by atomic mass is 10.1. The Bertz CT molecular complexity index is 1370. The Morgan fingerprint density at radius 3 is 2.00 bits per heavy atom. The molecule has 3 aromatic carbocycles. The first-order chi connectivity index (χ1) is 20.0. The van der Waals surface area contributed by atoms with Crippen LogP contribution >= 0.6 is 11.8 Å². The number of ether oxygens (including phenoxy) is 3. The normalized spacial score (nSPS) is 10.7. The molecule has 41 heavy (non-hydrogen) atoms. The van der Waals surface area contributed by atoms with Crippen molar-refractivity contribution in [2.75, 3.05) is 31.5 Å². The summed E-state index contributed by atoms with van der Waals surface area (Å²) in [6.45, 7) is 2.52. The number of hydrogen-bond donors (Lipinski definition) is 2. The molecule has 1 aromatic heterocycles. The van der Waals surface area contributed by atoms with Crippen LogP contribution in [-0.4, -0.2) is 42.3 Å². The molecular formula is C31H34N4O5S. The van der Waals surface area contributed by atoms with Crippen molar-refractivity contribution in [2.24, 2.45) is 0 Å². The van der Waals surface area contributed by atoms with E-state index in [9.17, 15) is 9.90 Å². The summed E-state index contributed by atoms with van der Waals surface area (Å²) in [5.41, 5.74) is 3.21. The van der Waals surface area contributed by atoms with Gasteiger partial charge in [0.2, 0.25) is 17.7 Å². The Morgan fingerprint density at radius 1 is 0.878 bits per heavy atom. The minimum absolute atomic E-state index is 0.0673. The highest BCUT2D eigenvalue weighted by atomic mass is 32.2. The number of carbonyl (C=O) groups is 1. The van der Waals surface area contributed by atoms with Crippen LogP contribution in [0.15, 0.2) is 82.6 Å². The van der Waals surface area contributed by atoms with Crippen molar-refractivity contribution >= 4 is 29.3 Å². The fourth-order valence-electron chi connectivity index (χ4n) is 4.06. The third-order valence-electron chi connectivity index (χ3n) is 6.24. The van der Waals surface area contributed by atoms with Gasteiger partial charge in [0, 0.05) is 30.1 Å². The van der Waals surface area contributed by atoms with E-state index < -0.39 is 0 Å². The van der Waals surface area contributed by atoms with Crippen molar-refractivity contribution in [3.8, 4) is 17.4 Å². The van der Waals surface area contributed by atoms with Crippen LogP contribution in [0.25, 0.3) is 0 Å². The highest BCUT2D eigenvalue weighted by Gasteiger charge is 2.21. The van der Waals surface area contributed by atoms with Gasteiger partial charge >= 0.3 is 0 Å². The minimum Gasteiger partial charge on any atom is -0.497 e. The lowest BCUT2D eigenvalue weighted by Gasteiger charge is -2.25. The first kappa shape index (κ1) is 29.7. The quantitative estimate of drug-likeness (QED) is 0.208. The van der Waals surface area contributed by atoms with Crippen molar-refractivity contribution in [3.63, 3.8) is 0 Å². The zero-order valence-corrected chi connectivity index (χ0v) is 24.4. The van der Waals surface area contributed by atoms with Crippen LogP contribution in [0, 0.1) is 0 Å². The summed E-state index contributed by atoms with van der Waals surface area (Å²) in [4.78, 5) is 24.9. The third kappa shape index (κ3) is 7.90. The zero-order valence-electron chi connectivity index (χ0n) is 23.6. The third-order valence-corrected chi connectivity index (χ3v) is 7.35. The van der Waals surface area contributed by atoms with Crippen molar-refractivity contribution in [3.05, 3.63) is 89.6 Å². The number of anilines is 2. The topological polar surface area (TPSA) is 106 Å². The van der Waals surface area contributed by atoms with Crippen LogP contribution in [-0.2, 0) is 24.5 Å². The molecule has 0 bridgehead atoms. The maximum Gasteiger partial charge on any atom is 0.232 e. The van der Waals surface area contributed by atoms with Gasteiger partial charge in [0.25, 0.3) is 0 Å². The summed E-state index contributed by atoms with van der Waals surface area (Å²) >= 11 is 1.37. The van der Waals surface area contributed by atoms with Gasteiger partial charge in [-0.1, -0.05) is 49.0 Å². The Morgan fingerprint density at radius 2 is 1.49 bits per heavy atom. The number of aliphatic hydroxyl groups excluding tert-OH is 1. The maximum absolute atomic E-state index is 11.9. The molecule has 0 saturated heterocycles. The molecule has 0 atom stereocenters. The number of carbonyl (C=O) groups excluding carboxylic acids is 1. The molecule has 214 valence electrons. The van der Waals surface area contributed by atoms with Gasteiger partial charge in [-0.3, -0.25) is 4.79 Å². The first-order valence-electron chi connectivity index (χ1n) is 13.1. The number of methoxy groups -OCH3 is 3. The van der Waals surface area contributed by atoms with Gasteiger partial charge in [0.15, 0.2) is 0 Å². The number of amides is 1. The van der Waals surface area contributed by atoms with Gasteiger partial charge in [-0.15, -0.1) is 0 Å². The maximum atomic E-state index is 11.9. The van der Waals surface area contributed by atoms with Gasteiger partial charge in [-0.05, 0) is 53.6 Å². The van der Waals surface area contributed by atoms with Crippen LogP contribution in [0.2, 0.25) is 0 Å². The minimum atomic E-state index is -0.306. The second-order valence-corrected chi connectivity index (χ2v) is 10.1. The van der Waals surface area contributed by atoms with E-state index >= 15 is 0 Å². The molecule has 0 saturated carbocycles. The summed E-state index contributed by atoms with van der Waals surface area (Å²) in [6.07, 6.45) is 0.388. The molecule has 0 fully saturated rings. The number of benzene rings is 3. The average Bonchev–Trinajstić information content (AvgIpc) is 3.01. The number of nitrogens with one attached hydrogen (secondary N) is 1. The SMILES string of the molecule is CCC(=O)Nc1cccc(Sc2c(CO)nc(N(Cc3ccc(OC)cc3)Cc3ccc(OC)cc3)nc2OC)c1. The van der Waals surface area contributed by atoms with Gasteiger partial charge in [-0.25, -0.2) is 4.98 Å². The predicted molar refractivity (Wildman–Crippen MR) is 160 cm³/mol. The van der Waals surface area contributed by atoms with Crippen LogP contribution < -0.4 is 24.4 Å². The Kier molecular flexibility index (Phi) is 10.4. The Hall–Kier alpha value is -4.28. The number of nitrogens with zero attached hydrogens (tertiary/aromatic N) is 3. The molecule has 1 heterocycles. The molecule has 0 radical (unpaired) electrons. The smallest absolute Gasteiger partial charge is 0.232 e. The summed E-state index contributed by atoms with van der Waals surface area (Å²) < 4.78 is 16.3. The van der Waals surface area contributed by atoms with Crippen molar-refractivity contribution < 1.29 is 24.1 Å². The van der Waals surface area contributed by atoms with Gasteiger partial charge in [0.05, 0.1) is 38.5 Å². The van der Waals surface area contributed by atoms with Crippen molar-refractivity contribution in [1.82, 2.24) is 9.97 Å². The molecule has 9 nitrogen and oxygen atoms in total. The van der Waals surface area contributed by atoms with E-state index in [1.807, 2.05) is 77.7 Å². The molecule has 10 heteroatoms. The van der Waals surface area contributed by atoms with E-state index in [1.165, 1.54) is 11.8 Å². The van der Waals surface area contributed by atoms with E-state index in [-0.39, 0.29) is 12.5 Å². The molecule has 4 aromatic rings. The molecule has 0 aliphatic rings. The molecule has 0 aliphatic carbocycles. The number of hydrogen-bond acceptors (Lipinski definition) is 9. The van der Waals surface area contributed by atoms with Crippen molar-refractivity contribution in [2.45, 2.75) is 42.8 Å². The van der Waals surface area contributed by atoms with Crippen LogP contribution in [0.3, 0.4) is 0 Å². The van der Waals surface area contributed by atoms with Crippen LogP contribution in [0.5, 0.6) is 17.4 Å². The van der Waals surface area contributed by atoms with Gasteiger partial charge < -0.3 is 29.5 Å². The fourth-order valence-corrected chi connectivity index (χ4v) is 5.07. The molecule has 1 amide bonds. The summed E-state index contributed by atoms with van der Waals surface area (Å²) in [5, 5.41) is 13.2. The Balaban J connectivity index is 1.69. The standard InChI is InChI=1S/C31H34N4O5S/c1-5-28(37)32-23-7-6-8-26(17-23)41-29-27(20-36)33-31(34-30(29)40-4)35(18-21-9-13-24(38-2)14-10-21)19-22-11-15-25(39-3)16-12-22/h6-17,36H,5,18-20H2,1-4H3,(H,32,37). The second kappa shape index (κ2) is 14.4. The number of rotatable bonds is 13. The summed E-state index contributed by atoms with van der Waals surface area (Å²) in [5.74, 6) is 2.25. The van der Waals surface area contributed by atoms with Crippen LogP contribution in [0.1, 0.15) is 30.2 Å². The van der Waals surface area contributed by atoms with E-state index in [0.29, 0.717) is 47.6 Å². The van der Waals surface area contributed by atoms with E-state index in [4.69, 9.17) is 24.2 Å². The zero-order chi connectivity index (χ0) is 29.2. The van der Waals surface area contributed by atoms with Crippen LogP contribution in [0.4, 0.5) is 11.6 Å². The molecule has 0 spiro atoms. The predicted octanol–water partition coefficient (Wildman–Crippen LogP) is 5.70. The lowest BCUT2D eigenvalue weighted by Crippen LogP contribution is -2.25. The highest BCUT2D eigenvalue weighted by Crippen LogP contribution is 2.38. The average molecular weight is 575 g/mol. The van der Waals surface area contributed by atoms with Crippen molar-refractivity contribution in [1.29, 1.82) is 0 Å². The number of aliphatic hydroxyl groups is 1. The van der Waals surface area contributed by atoms with E-state index in [2.05, 4.69) is 5.32 Å². The van der Waals surface area contributed by atoms with E-state index in [0.717, 1.165) is 27.5 Å². The highest BCUT2D eigenvalue weighted by molar-refractivity contribution is 7.99. The van der Waals surface area contributed by atoms with Gasteiger partial charge in [0.1, 0.15) is 11.5 Å². The molecular weight excluding hydrogens is 540 g/mol. The van der Waals surface area contributed by atoms with E-state index in [1.54, 1.807) is 28.3 Å². The van der Waals surface area contributed by atoms with Gasteiger partial charge in [-0.2, -0.15) is 4.98 Å². The lowest BCUT2D eigenvalue weighted by molar-refractivity contribution is -0.115. The first-order valence-corrected chi connectivity index (χ1v) is 13.9. The summed E-state index contributed by atoms with van der Waals surface area (Å²) in [6, 6.07) is 23.1. The molecule has 0 unspecified atom stereocenters. The summed E-state index contributed by atoms with van der Waals surface area (Å²) in [7, 11) is 4.82. The second-order valence-electron chi connectivity index (χ2n) is 9.05.